The fraction of sp³-hybridized carbons (Fsp3) is 0.407. The number of ketones is 1. The number of alkyl carbamates (subject to hydrolysis) is 2. The smallest absolute Gasteiger partial charge is 0.414 e. The van der Waals surface area contributed by atoms with Crippen LogP contribution in [0.2, 0.25) is 0 Å². The van der Waals surface area contributed by atoms with Crippen molar-refractivity contribution in [3.63, 3.8) is 0 Å². The van der Waals surface area contributed by atoms with E-state index in [-0.39, 0.29) is 16.9 Å². The molecule has 0 saturated heterocycles. The minimum atomic E-state index is -2.24. The van der Waals surface area contributed by atoms with Gasteiger partial charge < -0.3 is 19.3 Å². The maximum Gasteiger partial charge on any atom is 0.414 e. The highest BCUT2D eigenvalue weighted by molar-refractivity contribution is 6.13. The van der Waals surface area contributed by atoms with Crippen LogP contribution in [0.3, 0.4) is 0 Å². The summed E-state index contributed by atoms with van der Waals surface area (Å²) in [6.07, 6.45) is -2.33. The lowest BCUT2D eigenvalue weighted by Crippen LogP contribution is -2.52. The summed E-state index contributed by atoms with van der Waals surface area (Å²) >= 11 is 0. The van der Waals surface area contributed by atoms with Gasteiger partial charge in [-0.15, -0.1) is 0 Å². The molecule has 10 nitrogen and oxygen atoms in total. The Labute approximate surface area is 215 Å². The van der Waals surface area contributed by atoms with E-state index in [4.69, 9.17) is 14.2 Å². The summed E-state index contributed by atoms with van der Waals surface area (Å²) in [6.45, 7) is 12.0. The minimum absolute atomic E-state index is 0.207. The topological polar surface area (TPSA) is 136 Å². The summed E-state index contributed by atoms with van der Waals surface area (Å²) in [7, 11) is 0. The third-order valence-corrected chi connectivity index (χ3v) is 6.06. The first-order chi connectivity index (χ1) is 17.2. The molecule has 2 aromatic rings. The summed E-state index contributed by atoms with van der Waals surface area (Å²) < 4.78 is 16.5. The van der Waals surface area contributed by atoms with E-state index in [1.54, 1.807) is 71.0 Å². The number of benzene rings is 2. The minimum Gasteiger partial charge on any atom is -0.454 e. The lowest BCUT2D eigenvalue weighted by Gasteiger charge is -2.31. The zero-order valence-electron chi connectivity index (χ0n) is 21.9. The van der Waals surface area contributed by atoms with Crippen LogP contribution in [0.15, 0.2) is 41.4 Å². The molecule has 0 saturated carbocycles. The van der Waals surface area contributed by atoms with Crippen molar-refractivity contribution in [2.75, 3.05) is 0 Å². The number of amides is 2. The van der Waals surface area contributed by atoms with E-state index in [0.29, 0.717) is 5.56 Å². The van der Waals surface area contributed by atoms with Crippen LogP contribution >= 0.6 is 0 Å². The number of fused-ring (bicyclic) bond motifs is 5. The van der Waals surface area contributed by atoms with Gasteiger partial charge in [0, 0.05) is 16.7 Å². The first kappa shape index (κ1) is 26.2. The summed E-state index contributed by atoms with van der Waals surface area (Å²) in [6, 6.07) is 9.92. The van der Waals surface area contributed by atoms with Gasteiger partial charge in [-0.25, -0.2) is 14.6 Å². The molecule has 196 valence electrons. The summed E-state index contributed by atoms with van der Waals surface area (Å²) in [4.78, 5) is 43.8. The molecule has 10 heteroatoms. The number of aryl methyl sites for hydroxylation is 2. The van der Waals surface area contributed by atoms with Crippen LogP contribution in [0.25, 0.3) is 0 Å². The number of aliphatic hydroxyl groups is 1. The van der Waals surface area contributed by atoms with Crippen molar-refractivity contribution < 1.29 is 33.7 Å². The van der Waals surface area contributed by atoms with Gasteiger partial charge in [0.25, 0.3) is 5.79 Å². The van der Waals surface area contributed by atoms with E-state index in [0.717, 1.165) is 11.1 Å². The molecular weight excluding hydrogens is 478 g/mol. The van der Waals surface area contributed by atoms with Crippen LogP contribution in [0, 0.1) is 13.8 Å². The first-order valence-corrected chi connectivity index (χ1v) is 11.9. The summed E-state index contributed by atoms with van der Waals surface area (Å²) in [5.41, 5.74) is -0.492. The number of hydrogen-bond acceptors (Lipinski definition) is 8. The molecule has 0 bridgehead atoms. The highest BCUT2D eigenvalue weighted by Crippen LogP contribution is 2.60. The number of Topliss-reactive ketones (excluding diaryl/α,β-unsaturated/α-hetero) is 1. The quantitative estimate of drug-likeness (QED) is 0.412. The Morgan fingerprint density at radius 2 is 1.65 bits per heavy atom. The van der Waals surface area contributed by atoms with Crippen LogP contribution < -0.4 is 15.4 Å². The second-order valence-corrected chi connectivity index (χ2v) is 10.4. The zero-order chi connectivity index (χ0) is 27.3. The number of ether oxygens (including phenoxy) is 3. The molecule has 1 aliphatic carbocycles. The fourth-order valence-electron chi connectivity index (χ4n) is 4.45. The van der Waals surface area contributed by atoms with Crippen LogP contribution in [0.5, 0.6) is 5.75 Å². The standard InChI is InChI=1S/C27H31N3O7/c1-14(2)35-23(32)28-22(29-24(33)37-25(5,6)7)30-26-19-12-15(3)16(4)13-20(19)36-27(26,34)18-11-9-8-10-17(18)21(26)31/h8-14,34H,1-7H3,(H2,28,29,30,32,33). The Morgan fingerprint density at radius 3 is 2.30 bits per heavy atom. The van der Waals surface area contributed by atoms with Gasteiger partial charge in [-0.05, 0) is 71.7 Å². The van der Waals surface area contributed by atoms with Crippen LogP contribution in [0.4, 0.5) is 9.59 Å². The van der Waals surface area contributed by atoms with Crippen molar-refractivity contribution in [2.45, 2.75) is 71.5 Å². The van der Waals surface area contributed by atoms with Gasteiger partial charge >= 0.3 is 12.2 Å². The number of aliphatic imine (C=N–C) groups is 1. The maximum absolute atomic E-state index is 14.0. The molecule has 1 aliphatic heterocycles. The molecule has 0 radical (unpaired) electrons. The van der Waals surface area contributed by atoms with Gasteiger partial charge in [0.15, 0.2) is 0 Å². The van der Waals surface area contributed by atoms with Crippen LogP contribution in [0.1, 0.15) is 67.2 Å². The molecule has 0 spiro atoms. The summed E-state index contributed by atoms with van der Waals surface area (Å²) in [5.74, 6) is -2.99. The Balaban J connectivity index is 1.93. The van der Waals surface area contributed by atoms with E-state index in [9.17, 15) is 19.5 Å². The average molecular weight is 510 g/mol. The molecule has 0 aromatic heterocycles. The van der Waals surface area contributed by atoms with E-state index in [1.165, 1.54) is 0 Å². The molecular formula is C27H31N3O7. The van der Waals surface area contributed by atoms with Crippen molar-refractivity contribution in [1.82, 2.24) is 10.6 Å². The largest absolute Gasteiger partial charge is 0.454 e. The predicted molar refractivity (Wildman–Crippen MR) is 134 cm³/mol. The Kier molecular flexibility index (Phi) is 6.28. The van der Waals surface area contributed by atoms with Crippen molar-refractivity contribution >= 4 is 23.9 Å². The lowest BCUT2D eigenvalue weighted by atomic mass is 9.82. The maximum atomic E-state index is 14.0. The Morgan fingerprint density at radius 1 is 1.03 bits per heavy atom. The monoisotopic (exact) mass is 509 g/mol. The lowest BCUT2D eigenvalue weighted by molar-refractivity contribution is -0.162. The van der Waals surface area contributed by atoms with E-state index in [2.05, 4.69) is 15.6 Å². The molecule has 2 aromatic carbocycles. The zero-order valence-corrected chi connectivity index (χ0v) is 21.9. The highest BCUT2D eigenvalue weighted by Gasteiger charge is 2.71. The number of carbonyl (C=O) groups is 3. The molecule has 4 rings (SSSR count). The van der Waals surface area contributed by atoms with Gasteiger partial charge in [0.2, 0.25) is 17.3 Å². The molecule has 2 unspecified atom stereocenters. The number of rotatable bonds is 2. The molecule has 1 heterocycles. The van der Waals surface area contributed by atoms with E-state index >= 15 is 0 Å². The number of guanidine groups is 1. The molecule has 37 heavy (non-hydrogen) atoms. The van der Waals surface area contributed by atoms with Crippen LogP contribution in [-0.2, 0) is 20.8 Å². The van der Waals surface area contributed by atoms with Crippen LogP contribution in [-0.4, -0.2) is 40.7 Å². The van der Waals surface area contributed by atoms with Gasteiger partial charge in [-0.1, -0.05) is 24.3 Å². The first-order valence-electron chi connectivity index (χ1n) is 11.9. The van der Waals surface area contributed by atoms with Crippen molar-refractivity contribution in [3.8, 4) is 5.75 Å². The van der Waals surface area contributed by atoms with E-state index in [1.807, 2.05) is 13.8 Å². The predicted octanol–water partition coefficient (Wildman–Crippen LogP) is 3.95. The SMILES string of the molecule is Cc1cc2c(cc1C)C1(N=C(NC(=O)OC(C)C)NC(=O)OC(C)(C)C)C(=O)c3ccccc3C1(O)O2. The third-order valence-electron chi connectivity index (χ3n) is 6.06. The van der Waals surface area contributed by atoms with Gasteiger partial charge in [0.05, 0.1) is 6.10 Å². The van der Waals surface area contributed by atoms with E-state index < -0.39 is 47.0 Å². The van der Waals surface area contributed by atoms with Gasteiger partial charge in [-0.3, -0.25) is 15.4 Å². The van der Waals surface area contributed by atoms with Gasteiger partial charge in [0.1, 0.15) is 11.4 Å². The van der Waals surface area contributed by atoms with Crippen molar-refractivity contribution in [3.05, 3.63) is 64.2 Å². The molecule has 2 amide bonds. The fourth-order valence-corrected chi connectivity index (χ4v) is 4.45. The van der Waals surface area contributed by atoms with Crippen molar-refractivity contribution in [1.29, 1.82) is 0 Å². The number of hydrogen-bond donors (Lipinski definition) is 3. The molecule has 3 N–H and O–H groups in total. The Bertz CT molecular complexity index is 1330. The number of nitrogens with one attached hydrogen (secondary N) is 2. The highest BCUT2D eigenvalue weighted by atomic mass is 16.6. The second-order valence-electron chi connectivity index (χ2n) is 10.4. The molecule has 0 fully saturated rings. The number of carbonyl (C=O) groups excluding carboxylic acids is 3. The molecule has 2 aliphatic rings. The second kappa shape index (κ2) is 8.88. The Hall–Kier alpha value is -3.92. The summed E-state index contributed by atoms with van der Waals surface area (Å²) in [5, 5.41) is 16.8. The van der Waals surface area contributed by atoms with Gasteiger partial charge in [-0.2, -0.15) is 0 Å². The third kappa shape index (κ3) is 4.42. The normalized spacial score (nSPS) is 22.1. The van der Waals surface area contributed by atoms with Crippen molar-refractivity contribution in [2.24, 2.45) is 4.99 Å². The molecule has 2 atom stereocenters. The number of nitrogens with zero attached hydrogens (tertiary/aromatic N) is 1. The average Bonchev–Trinajstić information content (AvgIpc) is 3.09.